The van der Waals surface area contributed by atoms with Crippen molar-refractivity contribution in [2.75, 3.05) is 6.54 Å². The number of rotatable bonds is 5. The molecule has 0 saturated carbocycles. The van der Waals surface area contributed by atoms with Gasteiger partial charge in [0.15, 0.2) is 0 Å². The van der Waals surface area contributed by atoms with Crippen molar-refractivity contribution in [3.8, 4) is 11.5 Å². The molecule has 1 amide bonds. The molecular formula is C21H15F4N9O2. The summed E-state index contributed by atoms with van der Waals surface area (Å²) in [5.74, 6) is -1.19. The Labute approximate surface area is 198 Å². The van der Waals surface area contributed by atoms with Crippen LogP contribution in [0.25, 0.3) is 17.0 Å². The number of fused-ring (bicyclic) bond motifs is 2. The van der Waals surface area contributed by atoms with E-state index in [9.17, 15) is 22.4 Å². The number of hydrogen-bond donors (Lipinski definition) is 1. The molecule has 0 fully saturated rings. The maximum absolute atomic E-state index is 13.6. The molecule has 5 aromatic rings. The predicted octanol–water partition coefficient (Wildman–Crippen LogP) is 3.42. The van der Waals surface area contributed by atoms with Crippen molar-refractivity contribution in [1.29, 1.82) is 0 Å². The number of alkyl halides is 4. The second-order valence-electron chi connectivity index (χ2n) is 7.98. The summed E-state index contributed by atoms with van der Waals surface area (Å²) >= 11 is 0. The Hall–Kier alpha value is -4.56. The van der Waals surface area contributed by atoms with Crippen molar-refractivity contribution in [3.05, 3.63) is 71.7 Å². The van der Waals surface area contributed by atoms with Crippen LogP contribution in [0.1, 0.15) is 52.3 Å². The first-order valence-corrected chi connectivity index (χ1v) is 10.7. The van der Waals surface area contributed by atoms with Gasteiger partial charge in [-0.1, -0.05) is 0 Å². The average Bonchev–Trinajstić information content (AvgIpc) is 3.66. The Morgan fingerprint density at radius 2 is 2.08 bits per heavy atom. The molecule has 1 atom stereocenters. The summed E-state index contributed by atoms with van der Waals surface area (Å²) in [6, 6.07) is 3.44. The van der Waals surface area contributed by atoms with Crippen molar-refractivity contribution in [2.45, 2.75) is 25.4 Å². The summed E-state index contributed by atoms with van der Waals surface area (Å²) in [5.41, 5.74) is 1.73. The molecule has 6 rings (SSSR count). The fourth-order valence-corrected chi connectivity index (χ4v) is 4.27. The van der Waals surface area contributed by atoms with Crippen LogP contribution in [0.5, 0.6) is 0 Å². The number of H-pyrrole nitrogens is 1. The Morgan fingerprint density at radius 3 is 2.86 bits per heavy atom. The van der Waals surface area contributed by atoms with E-state index in [-0.39, 0.29) is 35.0 Å². The number of carbonyl (C=O) groups is 1. The van der Waals surface area contributed by atoms with E-state index in [0.29, 0.717) is 22.5 Å². The van der Waals surface area contributed by atoms with Gasteiger partial charge in [0, 0.05) is 36.6 Å². The third kappa shape index (κ3) is 3.50. The summed E-state index contributed by atoms with van der Waals surface area (Å²) in [6.45, 7) is -2.63. The van der Waals surface area contributed by atoms with Gasteiger partial charge in [0.2, 0.25) is 0 Å². The molecule has 0 aliphatic carbocycles. The lowest BCUT2D eigenvalue weighted by atomic mass is 9.99. The third-order valence-electron chi connectivity index (χ3n) is 5.91. The standard InChI is InChI=1S/C21H15F4N9O2/c22-17(23)11-2-1-4-33-14(11)6-13(31-33)16-15-12(26-9-27-15)3-5-32(16)20(35)19-30-29-18(36-19)10-7-28-34(8-10)21(24)25/h1-2,4,6-9,16-17,21H,3,5H2,(H,26,27). The zero-order chi connectivity index (χ0) is 25.0. The second kappa shape index (κ2) is 8.28. The number of carbonyl (C=O) groups excluding carboxylic acids is 1. The van der Waals surface area contributed by atoms with Crippen molar-refractivity contribution in [3.63, 3.8) is 0 Å². The van der Waals surface area contributed by atoms with Crippen LogP contribution in [-0.2, 0) is 6.42 Å². The van der Waals surface area contributed by atoms with Gasteiger partial charge in [-0.3, -0.25) is 4.79 Å². The number of aromatic nitrogens is 8. The fourth-order valence-electron chi connectivity index (χ4n) is 4.27. The van der Waals surface area contributed by atoms with E-state index in [1.54, 1.807) is 0 Å². The van der Waals surface area contributed by atoms with Gasteiger partial charge in [-0.15, -0.1) is 10.2 Å². The molecule has 0 radical (unpaired) electrons. The van der Waals surface area contributed by atoms with E-state index >= 15 is 0 Å². The number of hydrogen-bond acceptors (Lipinski definition) is 7. The maximum Gasteiger partial charge on any atom is 0.333 e. The maximum atomic E-state index is 13.6. The van der Waals surface area contributed by atoms with Crippen LogP contribution in [0.4, 0.5) is 17.6 Å². The van der Waals surface area contributed by atoms with Crippen LogP contribution in [0, 0.1) is 0 Å². The van der Waals surface area contributed by atoms with Gasteiger partial charge in [-0.05, 0) is 18.2 Å². The molecule has 36 heavy (non-hydrogen) atoms. The van der Waals surface area contributed by atoms with Crippen LogP contribution >= 0.6 is 0 Å². The molecule has 0 spiro atoms. The van der Waals surface area contributed by atoms with Crippen molar-refractivity contribution >= 4 is 11.4 Å². The minimum absolute atomic E-state index is 0.117. The highest BCUT2D eigenvalue weighted by Gasteiger charge is 2.38. The van der Waals surface area contributed by atoms with Gasteiger partial charge in [0.05, 0.1) is 35.0 Å². The first-order chi connectivity index (χ1) is 17.4. The van der Waals surface area contributed by atoms with Gasteiger partial charge < -0.3 is 14.3 Å². The van der Waals surface area contributed by atoms with Gasteiger partial charge in [-0.25, -0.2) is 23.0 Å². The van der Waals surface area contributed by atoms with Crippen LogP contribution in [-0.4, -0.2) is 56.9 Å². The minimum Gasteiger partial charge on any atom is -0.412 e. The first-order valence-electron chi connectivity index (χ1n) is 10.7. The molecule has 11 nitrogen and oxygen atoms in total. The lowest BCUT2D eigenvalue weighted by Gasteiger charge is -2.32. The Balaban J connectivity index is 1.38. The van der Waals surface area contributed by atoms with E-state index in [4.69, 9.17) is 4.42 Å². The SMILES string of the molecule is O=C(c1nnc(-c2cnn(C(F)F)c2)o1)N1CCc2[nH]cnc2C1c1cc2c(C(F)F)cccn2n1. The van der Waals surface area contributed by atoms with E-state index in [1.807, 2.05) is 0 Å². The molecule has 0 aromatic carbocycles. The number of nitrogens with one attached hydrogen (secondary N) is 1. The van der Waals surface area contributed by atoms with Gasteiger partial charge >= 0.3 is 18.3 Å². The second-order valence-corrected chi connectivity index (χ2v) is 7.98. The van der Waals surface area contributed by atoms with E-state index in [2.05, 4.69) is 30.4 Å². The number of aromatic amines is 1. The summed E-state index contributed by atoms with van der Waals surface area (Å²) < 4.78 is 60.0. The summed E-state index contributed by atoms with van der Waals surface area (Å²) in [6.07, 6.45) is 2.88. The molecule has 1 aliphatic rings. The molecule has 1 aliphatic heterocycles. The number of amides is 1. The topological polar surface area (TPSA) is 123 Å². The molecule has 5 aromatic heterocycles. The third-order valence-corrected chi connectivity index (χ3v) is 5.91. The molecule has 184 valence electrons. The normalized spacial score (nSPS) is 15.8. The van der Waals surface area contributed by atoms with Gasteiger partial charge in [0.1, 0.15) is 6.04 Å². The number of imidazole rings is 1. The highest BCUT2D eigenvalue weighted by molar-refractivity contribution is 5.90. The molecule has 15 heteroatoms. The molecule has 6 heterocycles. The predicted molar refractivity (Wildman–Crippen MR) is 112 cm³/mol. The van der Waals surface area contributed by atoms with E-state index in [0.717, 1.165) is 18.1 Å². The zero-order valence-corrected chi connectivity index (χ0v) is 18.1. The first kappa shape index (κ1) is 21.9. The lowest BCUT2D eigenvalue weighted by Crippen LogP contribution is -2.41. The minimum atomic E-state index is -2.85. The van der Waals surface area contributed by atoms with Crippen LogP contribution in [0.2, 0.25) is 0 Å². The number of pyridine rings is 1. The summed E-state index contributed by atoms with van der Waals surface area (Å²) in [4.78, 5) is 22.2. The van der Waals surface area contributed by atoms with E-state index < -0.39 is 24.9 Å². The number of nitrogens with zero attached hydrogens (tertiary/aromatic N) is 8. The highest BCUT2D eigenvalue weighted by Crippen LogP contribution is 2.35. The fraction of sp³-hybridized carbons (Fsp3) is 0.238. The Bertz CT molecular complexity index is 1570. The zero-order valence-electron chi connectivity index (χ0n) is 18.1. The molecule has 1 unspecified atom stereocenters. The van der Waals surface area contributed by atoms with Crippen LogP contribution < -0.4 is 0 Å². The number of halogens is 4. The molecule has 0 bridgehead atoms. The Morgan fingerprint density at radius 1 is 1.22 bits per heavy atom. The Kier molecular flexibility index (Phi) is 5.05. The summed E-state index contributed by atoms with van der Waals surface area (Å²) in [5, 5.41) is 15.5. The van der Waals surface area contributed by atoms with Crippen molar-refractivity contribution in [2.24, 2.45) is 0 Å². The molecule has 1 N–H and O–H groups in total. The van der Waals surface area contributed by atoms with Gasteiger partial charge in [0.25, 0.3) is 12.3 Å². The highest BCUT2D eigenvalue weighted by atomic mass is 19.3. The van der Waals surface area contributed by atoms with Crippen LogP contribution in [0.3, 0.4) is 0 Å². The average molecular weight is 501 g/mol. The van der Waals surface area contributed by atoms with E-state index in [1.165, 1.54) is 40.1 Å². The smallest absolute Gasteiger partial charge is 0.333 e. The largest absolute Gasteiger partial charge is 0.412 e. The molecule has 0 saturated heterocycles. The molecular weight excluding hydrogens is 486 g/mol. The van der Waals surface area contributed by atoms with Crippen molar-refractivity contribution in [1.82, 2.24) is 44.5 Å². The van der Waals surface area contributed by atoms with Crippen molar-refractivity contribution < 1.29 is 26.8 Å². The monoisotopic (exact) mass is 501 g/mol. The van der Waals surface area contributed by atoms with Crippen LogP contribution in [0.15, 0.2) is 47.5 Å². The quantitative estimate of drug-likeness (QED) is 0.366. The lowest BCUT2D eigenvalue weighted by molar-refractivity contribution is 0.0566. The van der Waals surface area contributed by atoms with Gasteiger partial charge in [-0.2, -0.15) is 19.0 Å². The summed E-state index contributed by atoms with van der Waals surface area (Å²) in [7, 11) is 0.